The van der Waals surface area contributed by atoms with E-state index in [0.717, 1.165) is 5.56 Å². The van der Waals surface area contributed by atoms with Gasteiger partial charge in [-0.1, -0.05) is 12.1 Å². The zero-order valence-corrected chi connectivity index (χ0v) is 10.4. The number of aryl methyl sites for hydroxylation is 1. The van der Waals surface area contributed by atoms with E-state index in [9.17, 15) is 4.39 Å². The highest BCUT2D eigenvalue weighted by Gasteiger charge is 2.15. The van der Waals surface area contributed by atoms with Crippen molar-refractivity contribution in [3.8, 4) is 0 Å². The van der Waals surface area contributed by atoms with Gasteiger partial charge in [0.1, 0.15) is 12.1 Å². The molecule has 0 amide bonds. The summed E-state index contributed by atoms with van der Waals surface area (Å²) in [6.45, 7) is 1.83. The Bertz CT molecular complexity index is 524. The van der Waals surface area contributed by atoms with E-state index in [1.54, 1.807) is 17.0 Å². The molecule has 0 saturated heterocycles. The van der Waals surface area contributed by atoms with Crippen molar-refractivity contribution in [1.29, 1.82) is 0 Å². The van der Waals surface area contributed by atoms with Gasteiger partial charge in [-0.2, -0.15) is 0 Å². The first-order valence-corrected chi connectivity index (χ1v) is 5.97. The molecule has 6 heteroatoms. The fourth-order valence-corrected chi connectivity index (χ4v) is 2.45. The maximum absolute atomic E-state index is 13.8. The van der Waals surface area contributed by atoms with E-state index in [4.69, 9.17) is 5.73 Å². The van der Waals surface area contributed by atoms with Crippen molar-refractivity contribution in [2.75, 3.05) is 0 Å². The molecule has 1 aromatic carbocycles. The largest absolute Gasteiger partial charge is 0.324 e. The third kappa shape index (κ3) is 2.48. The van der Waals surface area contributed by atoms with Gasteiger partial charge in [0.25, 0.3) is 0 Å². The van der Waals surface area contributed by atoms with Crippen LogP contribution in [-0.2, 0) is 7.05 Å². The topological polar surface area (TPSA) is 56.7 Å². The smallest absolute Gasteiger partial charge is 0.195 e. The maximum atomic E-state index is 13.8. The summed E-state index contributed by atoms with van der Waals surface area (Å²) in [5, 5.41) is 8.32. The summed E-state index contributed by atoms with van der Waals surface area (Å²) < 4.78 is 15.5. The van der Waals surface area contributed by atoms with Crippen LogP contribution in [0.2, 0.25) is 0 Å². The predicted molar refractivity (Wildman–Crippen MR) is 64.1 cm³/mol. The molecule has 0 spiro atoms. The molecular formula is C11H13FN4S. The summed E-state index contributed by atoms with van der Waals surface area (Å²) in [5.41, 5.74) is 6.60. The molecule has 1 aromatic heterocycles. The molecule has 0 bridgehead atoms. The SMILES string of the molecule is CC(N)c1cccc(F)c1Sc1nncn1C. The van der Waals surface area contributed by atoms with Gasteiger partial charge in [0.15, 0.2) is 5.16 Å². The summed E-state index contributed by atoms with van der Waals surface area (Å²) in [5.74, 6) is -0.284. The maximum Gasteiger partial charge on any atom is 0.195 e. The van der Waals surface area contributed by atoms with E-state index in [0.29, 0.717) is 10.1 Å². The van der Waals surface area contributed by atoms with Gasteiger partial charge in [0.05, 0.1) is 4.90 Å². The lowest BCUT2D eigenvalue weighted by molar-refractivity contribution is 0.590. The first-order chi connectivity index (χ1) is 8.09. The third-order valence-corrected chi connectivity index (χ3v) is 3.54. The van der Waals surface area contributed by atoms with E-state index in [-0.39, 0.29) is 11.9 Å². The molecule has 0 aliphatic rings. The minimum Gasteiger partial charge on any atom is -0.324 e. The van der Waals surface area contributed by atoms with Crippen LogP contribution in [0, 0.1) is 5.82 Å². The molecule has 0 saturated carbocycles. The molecule has 0 radical (unpaired) electrons. The molecule has 1 heterocycles. The monoisotopic (exact) mass is 252 g/mol. The number of aromatic nitrogens is 3. The summed E-state index contributed by atoms with van der Waals surface area (Å²) in [6, 6.07) is 4.69. The molecule has 90 valence electrons. The lowest BCUT2D eigenvalue weighted by Gasteiger charge is -2.12. The number of halogens is 1. The van der Waals surface area contributed by atoms with Crippen molar-refractivity contribution in [3.63, 3.8) is 0 Å². The second kappa shape index (κ2) is 4.85. The fraction of sp³-hybridized carbons (Fsp3) is 0.273. The summed E-state index contributed by atoms with van der Waals surface area (Å²) in [4.78, 5) is 0.513. The van der Waals surface area contributed by atoms with Crippen molar-refractivity contribution < 1.29 is 4.39 Å². The van der Waals surface area contributed by atoms with Gasteiger partial charge in [-0.25, -0.2) is 4.39 Å². The Kier molecular flexibility index (Phi) is 3.44. The average molecular weight is 252 g/mol. The minimum absolute atomic E-state index is 0.221. The van der Waals surface area contributed by atoms with Crippen molar-refractivity contribution in [1.82, 2.24) is 14.8 Å². The predicted octanol–water partition coefficient (Wildman–Crippen LogP) is 2.13. The number of hydrogen-bond acceptors (Lipinski definition) is 4. The Labute approximate surface area is 103 Å². The van der Waals surface area contributed by atoms with E-state index >= 15 is 0 Å². The highest BCUT2D eigenvalue weighted by atomic mass is 32.2. The number of nitrogens with two attached hydrogens (primary N) is 1. The van der Waals surface area contributed by atoms with Gasteiger partial charge in [-0.3, -0.25) is 0 Å². The van der Waals surface area contributed by atoms with Gasteiger partial charge < -0.3 is 10.3 Å². The number of nitrogens with zero attached hydrogens (tertiary/aromatic N) is 3. The first-order valence-electron chi connectivity index (χ1n) is 5.15. The number of hydrogen-bond donors (Lipinski definition) is 1. The molecule has 2 rings (SSSR count). The van der Waals surface area contributed by atoms with E-state index in [1.165, 1.54) is 17.8 Å². The van der Waals surface area contributed by atoms with Gasteiger partial charge in [0, 0.05) is 13.1 Å². The van der Waals surface area contributed by atoms with Crippen LogP contribution in [0.1, 0.15) is 18.5 Å². The van der Waals surface area contributed by atoms with Crippen LogP contribution in [0.15, 0.2) is 34.6 Å². The number of rotatable bonds is 3. The second-order valence-corrected chi connectivity index (χ2v) is 4.75. The fourth-order valence-electron chi connectivity index (χ4n) is 1.45. The standard InChI is InChI=1S/C11H13FN4S/c1-7(13)8-4-3-5-9(12)10(8)17-11-15-14-6-16(11)2/h3-7H,13H2,1-2H3. The van der Waals surface area contributed by atoms with Gasteiger partial charge in [0.2, 0.25) is 0 Å². The van der Waals surface area contributed by atoms with Crippen molar-refractivity contribution in [3.05, 3.63) is 35.9 Å². The Morgan fingerprint density at radius 2 is 2.24 bits per heavy atom. The van der Waals surface area contributed by atoms with Gasteiger partial charge in [-0.05, 0) is 30.3 Å². The Balaban J connectivity index is 2.41. The Morgan fingerprint density at radius 1 is 1.47 bits per heavy atom. The molecule has 2 aromatic rings. The highest BCUT2D eigenvalue weighted by Crippen LogP contribution is 2.33. The molecule has 17 heavy (non-hydrogen) atoms. The van der Waals surface area contributed by atoms with E-state index in [1.807, 2.05) is 20.0 Å². The third-order valence-electron chi connectivity index (χ3n) is 2.35. The first kappa shape index (κ1) is 12.1. The van der Waals surface area contributed by atoms with E-state index < -0.39 is 0 Å². The van der Waals surface area contributed by atoms with Crippen LogP contribution in [0.3, 0.4) is 0 Å². The lowest BCUT2D eigenvalue weighted by Crippen LogP contribution is -2.07. The average Bonchev–Trinajstić information content (AvgIpc) is 2.67. The molecule has 0 aliphatic carbocycles. The van der Waals surface area contributed by atoms with E-state index in [2.05, 4.69) is 10.2 Å². The van der Waals surface area contributed by atoms with Crippen molar-refractivity contribution in [2.45, 2.75) is 23.0 Å². The zero-order valence-electron chi connectivity index (χ0n) is 9.59. The molecular weight excluding hydrogens is 239 g/mol. The second-order valence-electron chi connectivity index (χ2n) is 3.77. The zero-order chi connectivity index (χ0) is 12.4. The molecule has 4 nitrogen and oxygen atoms in total. The normalized spacial score (nSPS) is 12.7. The number of benzene rings is 1. The summed E-state index contributed by atoms with van der Waals surface area (Å²) >= 11 is 1.24. The van der Waals surface area contributed by atoms with Gasteiger partial charge >= 0.3 is 0 Å². The molecule has 0 aliphatic heterocycles. The van der Waals surface area contributed by atoms with Crippen LogP contribution in [0.5, 0.6) is 0 Å². The Morgan fingerprint density at radius 3 is 2.82 bits per heavy atom. The lowest BCUT2D eigenvalue weighted by atomic mass is 10.1. The van der Waals surface area contributed by atoms with Crippen molar-refractivity contribution in [2.24, 2.45) is 12.8 Å². The molecule has 0 fully saturated rings. The summed E-state index contributed by atoms with van der Waals surface area (Å²) in [7, 11) is 1.81. The van der Waals surface area contributed by atoms with Gasteiger partial charge in [-0.15, -0.1) is 10.2 Å². The van der Waals surface area contributed by atoms with Crippen molar-refractivity contribution >= 4 is 11.8 Å². The molecule has 1 atom stereocenters. The molecule has 2 N–H and O–H groups in total. The quantitative estimate of drug-likeness (QED) is 0.909. The highest BCUT2D eigenvalue weighted by molar-refractivity contribution is 7.99. The van der Waals surface area contributed by atoms with Crippen LogP contribution in [0.25, 0.3) is 0 Å². The minimum atomic E-state index is -0.284. The van der Waals surface area contributed by atoms with Crippen LogP contribution in [0.4, 0.5) is 4.39 Å². The Hall–Kier alpha value is -1.40. The van der Waals surface area contributed by atoms with Crippen LogP contribution in [-0.4, -0.2) is 14.8 Å². The molecule has 1 unspecified atom stereocenters. The van der Waals surface area contributed by atoms with Crippen LogP contribution < -0.4 is 5.73 Å². The van der Waals surface area contributed by atoms with Crippen LogP contribution >= 0.6 is 11.8 Å². The summed E-state index contributed by atoms with van der Waals surface area (Å²) in [6.07, 6.45) is 1.58.